The van der Waals surface area contributed by atoms with Crippen LogP contribution in [0, 0.1) is 17.0 Å². The van der Waals surface area contributed by atoms with Crippen molar-refractivity contribution in [3.05, 3.63) is 63.7 Å². The zero-order chi connectivity index (χ0) is 17.1. The molecule has 24 heavy (non-hydrogen) atoms. The average Bonchev–Trinajstić information content (AvgIpc) is 3.19. The summed E-state index contributed by atoms with van der Waals surface area (Å²) in [5.41, 5.74) is 1.53. The predicted octanol–water partition coefficient (Wildman–Crippen LogP) is 1.52. The summed E-state index contributed by atoms with van der Waals surface area (Å²) in [6.45, 7) is 2.49. The smallest absolute Gasteiger partial charge is 0.288 e. The molecule has 1 amide bonds. The van der Waals surface area contributed by atoms with Crippen LogP contribution in [-0.4, -0.2) is 35.8 Å². The number of aryl methyl sites for hydroxylation is 1. The number of benzene rings is 1. The Kier molecular flexibility index (Phi) is 4.01. The van der Waals surface area contributed by atoms with Crippen LogP contribution >= 0.6 is 0 Å². The van der Waals surface area contributed by atoms with Crippen LogP contribution in [0.3, 0.4) is 0 Å². The van der Waals surface area contributed by atoms with E-state index in [4.69, 9.17) is 0 Å². The molecule has 2 heterocycles. The van der Waals surface area contributed by atoms with Gasteiger partial charge in [-0.2, -0.15) is 5.10 Å². The minimum atomic E-state index is -0.729. The van der Waals surface area contributed by atoms with Gasteiger partial charge in [0.25, 0.3) is 5.91 Å². The molecule has 2 N–H and O–H groups in total. The number of carbonyl (C=O) groups excluding carboxylic acids is 1. The van der Waals surface area contributed by atoms with E-state index in [-0.39, 0.29) is 11.6 Å². The molecule has 122 valence electrons. The van der Waals surface area contributed by atoms with Gasteiger partial charge in [0.1, 0.15) is 12.5 Å². The number of carbonyl (C=O) groups is 1. The molecule has 0 unspecified atom stereocenters. The Balaban J connectivity index is 1.72. The summed E-state index contributed by atoms with van der Waals surface area (Å²) in [7, 11) is 0. The van der Waals surface area contributed by atoms with Gasteiger partial charge in [0.15, 0.2) is 0 Å². The molecular weight excluding hydrogens is 314 g/mol. The molecule has 0 atom stereocenters. The third-order valence-electron chi connectivity index (χ3n) is 3.40. The molecule has 0 aliphatic rings. The Morgan fingerprint density at radius 3 is 2.96 bits per heavy atom. The molecule has 0 radical (unpaired) electrons. The molecule has 10 heteroatoms. The number of rotatable bonds is 5. The first-order valence-electron chi connectivity index (χ1n) is 6.97. The number of amides is 1. The second kappa shape index (κ2) is 6.28. The standard InChI is InChI=1S/C14H13N7O3/c1-9-4-2-3-5-10(9)7-20-8-15-14(19-20)17-13(22)12-11(21(23)24)6-16-18-12/h2-6,8H,7H2,1H3,(H,16,18)(H,17,19,22). The maximum Gasteiger partial charge on any atom is 0.319 e. The highest BCUT2D eigenvalue weighted by molar-refractivity contribution is 6.04. The lowest BCUT2D eigenvalue weighted by Gasteiger charge is -2.04. The Labute approximate surface area is 135 Å². The zero-order valence-corrected chi connectivity index (χ0v) is 12.6. The summed E-state index contributed by atoms with van der Waals surface area (Å²) in [4.78, 5) is 26.1. The molecule has 10 nitrogen and oxygen atoms in total. The van der Waals surface area contributed by atoms with Crippen LogP contribution in [0.1, 0.15) is 21.6 Å². The van der Waals surface area contributed by atoms with Crippen LogP contribution in [0.2, 0.25) is 0 Å². The largest absolute Gasteiger partial charge is 0.319 e. The van der Waals surface area contributed by atoms with Gasteiger partial charge in [0, 0.05) is 0 Å². The molecule has 0 aliphatic heterocycles. The van der Waals surface area contributed by atoms with E-state index in [2.05, 4.69) is 25.6 Å². The predicted molar refractivity (Wildman–Crippen MR) is 83.5 cm³/mol. The highest BCUT2D eigenvalue weighted by Gasteiger charge is 2.23. The summed E-state index contributed by atoms with van der Waals surface area (Å²) >= 11 is 0. The van der Waals surface area contributed by atoms with E-state index >= 15 is 0 Å². The van der Waals surface area contributed by atoms with Crippen LogP contribution in [0.4, 0.5) is 11.6 Å². The molecule has 0 aliphatic carbocycles. The molecule has 3 rings (SSSR count). The summed E-state index contributed by atoms with van der Waals surface area (Å²) in [6, 6.07) is 7.85. The molecular formula is C14H13N7O3. The quantitative estimate of drug-likeness (QED) is 0.539. The van der Waals surface area contributed by atoms with Gasteiger partial charge in [-0.15, -0.1) is 5.10 Å². The Hall–Kier alpha value is -3.56. The third-order valence-corrected chi connectivity index (χ3v) is 3.40. The minimum Gasteiger partial charge on any atom is -0.288 e. The van der Waals surface area contributed by atoms with Crippen LogP contribution < -0.4 is 5.32 Å². The Morgan fingerprint density at radius 2 is 2.21 bits per heavy atom. The SMILES string of the molecule is Cc1ccccc1Cn1cnc(NC(=O)c2[nH]ncc2[N+](=O)[O-])n1. The van der Waals surface area contributed by atoms with E-state index in [0.29, 0.717) is 6.54 Å². The van der Waals surface area contributed by atoms with Gasteiger partial charge in [-0.1, -0.05) is 24.3 Å². The van der Waals surface area contributed by atoms with Gasteiger partial charge in [-0.25, -0.2) is 9.67 Å². The fourth-order valence-corrected chi connectivity index (χ4v) is 2.14. The minimum absolute atomic E-state index is 0.0532. The van der Waals surface area contributed by atoms with Crippen molar-refractivity contribution in [1.29, 1.82) is 0 Å². The Bertz CT molecular complexity index is 899. The van der Waals surface area contributed by atoms with Gasteiger partial charge < -0.3 is 0 Å². The average molecular weight is 327 g/mol. The molecule has 2 aromatic heterocycles. The number of aromatic nitrogens is 5. The van der Waals surface area contributed by atoms with Crippen molar-refractivity contribution in [2.75, 3.05) is 5.32 Å². The summed E-state index contributed by atoms with van der Waals surface area (Å²) in [5.74, 6) is -0.676. The van der Waals surface area contributed by atoms with Gasteiger partial charge in [0.05, 0.1) is 11.5 Å². The van der Waals surface area contributed by atoms with Crippen LogP contribution in [0.15, 0.2) is 36.8 Å². The van der Waals surface area contributed by atoms with E-state index in [1.54, 1.807) is 4.68 Å². The number of H-pyrrole nitrogens is 1. The van der Waals surface area contributed by atoms with E-state index in [0.717, 1.165) is 17.3 Å². The van der Waals surface area contributed by atoms with Gasteiger partial charge in [-0.05, 0) is 18.1 Å². The zero-order valence-electron chi connectivity index (χ0n) is 12.6. The van der Waals surface area contributed by atoms with Crippen molar-refractivity contribution in [2.24, 2.45) is 0 Å². The van der Waals surface area contributed by atoms with E-state index in [1.165, 1.54) is 6.33 Å². The summed E-state index contributed by atoms with van der Waals surface area (Å²) in [5, 5.41) is 23.2. The summed E-state index contributed by atoms with van der Waals surface area (Å²) < 4.78 is 1.57. The van der Waals surface area contributed by atoms with Gasteiger partial charge in [0.2, 0.25) is 11.6 Å². The number of anilines is 1. The fourth-order valence-electron chi connectivity index (χ4n) is 2.14. The van der Waals surface area contributed by atoms with Crippen LogP contribution in [0.25, 0.3) is 0 Å². The number of nitrogens with one attached hydrogen (secondary N) is 2. The highest BCUT2D eigenvalue weighted by atomic mass is 16.6. The van der Waals surface area contributed by atoms with Crippen molar-refractivity contribution in [2.45, 2.75) is 13.5 Å². The van der Waals surface area contributed by atoms with Crippen molar-refractivity contribution < 1.29 is 9.72 Å². The van der Waals surface area contributed by atoms with E-state index < -0.39 is 16.5 Å². The molecule has 1 aromatic carbocycles. The lowest BCUT2D eigenvalue weighted by Crippen LogP contribution is -2.15. The number of aromatic amines is 1. The number of hydrogen-bond acceptors (Lipinski definition) is 6. The monoisotopic (exact) mass is 327 g/mol. The van der Waals surface area contributed by atoms with Gasteiger partial charge >= 0.3 is 5.69 Å². The van der Waals surface area contributed by atoms with E-state index in [1.807, 2.05) is 31.2 Å². The molecule has 0 saturated carbocycles. The lowest BCUT2D eigenvalue weighted by atomic mass is 10.1. The number of nitrogens with zero attached hydrogens (tertiary/aromatic N) is 5. The normalized spacial score (nSPS) is 10.5. The first kappa shape index (κ1) is 15.3. The first-order chi connectivity index (χ1) is 11.5. The second-order valence-corrected chi connectivity index (χ2v) is 5.03. The fraction of sp³-hybridized carbons (Fsp3) is 0.143. The van der Waals surface area contributed by atoms with Crippen molar-refractivity contribution in [1.82, 2.24) is 25.0 Å². The van der Waals surface area contributed by atoms with E-state index in [9.17, 15) is 14.9 Å². The first-order valence-corrected chi connectivity index (χ1v) is 6.97. The highest BCUT2D eigenvalue weighted by Crippen LogP contribution is 2.15. The molecule has 3 aromatic rings. The molecule has 0 saturated heterocycles. The molecule has 0 bridgehead atoms. The van der Waals surface area contributed by atoms with Crippen molar-refractivity contribution in [3.8, 4) is 0 Å². The molecule has 0 fully saturated rings. The van der Waals surface area contributed by atoms with Crippen LogP contribution in [-0.2, 0) is 6.54 Å². The van der Waals surface area contributed by atoms with Crippen molar-refractivity contribution in [3.63, 3.8) is 0 Å². The Morgan fingerprint density at radius 1 is 1.42 bits per heavy atom. The third kappa shape index (κ3) is 3.11. The number of nitro groups is 1. The lowest BCUT2D eigenvalue weighted by molar-refractivity contribution is -0.385. The molecule has 0 spiro atoms. The maximum absolute atomic E-state index is 12.0. The topological polar surface area (TPSA) is 132 Å². The van der Waals surface area contributed by atoms with Crippen LogP contribution in [0.5, 0.6) is 0 Å². The second-order valence-electron chi connectivity index (χ2n) is 5.03. The maximum atomic E-state index is 12.0. The summed E-state index contributed by atoms with van der Waals surface area (Å²) in [6.07, 6.45) is 2.45. The number of hydrogen-bond donors (Lipinski definition) is 2. The van der Waals surface area contributed by atoms with Gasteiger partial charge in [-0.3, -0.25) is 25.3 Å². The van der Waals surface area contributed by atoms with Crippen molar-refractivity contribution >= 4 is 17.5 Å².